The van der Waals surface area contributed by atoms with Gasteiger partial charge in [-0.15, -0.1) is 0 Å². The van der Waals surface area contributed by atoms with E-state index in [4.69, 9.17) is 0 Å². The van der Waals surface area contributed by atoms with Gasteiger partial charge in [0, 0.05) is 45.1 Å². The number of aryl methyl sites for hydroxylation is 1. The molecule has 2 aromatic rings. The SMILES string of the molecule is CC.CF.CN(C)c1ccc(-c2cc3c(cc2CF)N(C)CCC3)cn1. The van der Waals surface area contributed by atoms with Crippen molar-refractivity contribution in [3.63, 3.8) is 0 Å². The fraction of sp³-hybridized carbons (Fsp3) is 0.476. The highest BCUT2D eigenvalue weighted by atomic mass is 19.1. The summed E-state index contributed by atoms with van der Waals surface area (Å²) in [7, 11) is 6.50. The van der Waals surface area contributed by atoms with Gasteiger partial charge in [0.05, 0.1) is 7.18 Å². The zero-order valence-electron chi connectivity index (χ0n) is 16.8. The molecule has 1 aromatic heterocycles. The van der Waals surface area contributed by atoms with Crippen molar-refractivity contribution in [1.82, 2.24) is 4.98 Å². The fourth-order valence-electron chi connectivity index (χ4n) is 3.05. The highest BCUT2D eigenvalue weighted by Gasteiger charge is 2.17. The van der Waals surface area contributed by atoms with E-state index in [1.54, 1.807) is 0 Å². The molecule has 3 rings (SSSR count). The first kappa shape index (κ1) is 21.9. The Morgan fingerprint density at radius 2 is 1.85 bits per heavy atom. The summed E-state index contributed by atoms with van der Waals surface area (Å²) in [6, 6.07) is 8.15. The van der Waals surface area contributed by atoms with Crippen molar-refractivity contribution >= 4 is 11.5 Å². The summed E-state index contributed by atoms with van der Waals surface area (Å²) in [5, 5.41) is 0. The van der Waals surface area contributed by atoms with Crippen LogP contribution >= 0.6 is 0 Å². The first-order chi connectivity index (χ1) is 12.6. The molecular weight excluding hydrogens is 332 g/mol. The molecule has 0 spiro atoms. The normalized spacial score (nSPS) is 12.2. The molecule has 2 heterocycles. The fourth-order valence-corrected chi connectivity index (χ4v) is 3.05. The summed E-state index contributed by atoms with van der Waals surface area (Å²) in [4.78, 5) is 8.63. The van der Waals surface area contributed by atoms with Gasteiger partial charge in [-0.05, 0) is 53.8 Å². The lowest BCUT2D eigenvalue weighted by atomic mass is 9.93. The second-order valence-electron chi connectivity index (χ2n) is 6.10. The number of benzene rings is 1. The van der Waals surface area contributed by atoms with Crippen molar-refractivity contribution < 1.29 is 8.78 Å². The third kappa shape index (κ3) is 4.93. The van der Waals surface area contributed by atoms with Crippen LogP contribution in [0.2, 0.25) is 0 Å². The summed E-state index contributed by atoms with van der Waals surface area (Å²) < 4.78 is 23.0. The average molecular weight is 363 g/mol. The largest absolute Gasteiger partial charge is 0.374 e. The summed E-state index contributed by atoms with van der Waals surface area (Å²) in [5.41, 5.74) is 5.16. The number of rotatable bonds is 3. The number of aromatic nitrogens is 1. The predicted octanol–water partition coefficient (Wildman–Crippen LogP) is 5.28. The van der Waals surface area contributed by atoms with Crippen molar-refractivity contribution in [2.45, 2.75) is 33.4 Å². The van der Waals surface area contributed by atoms with Gasteiger partial charge in [0.15, 0.2) is 0 Å². The van der Waals surface area contributed by atoms with Crippen LogP contribution < -0.4 is 9.80 Å². The van der Waals surface area contributed by atoms with E-state index in [1.165, 1.54) is 11.3 Å². The molecular formula is C21H31F2N3. The van der Waals surface area contributed by atoms with Crippen molar-refractivity contribution in [2.75, 3.05) is 44.7 Å². The third-order valence-corrected chi connectivity index (χ3v) is 4.32. The summed E-state index contributed by atoms with van der Waals surface area (Å²) in [6.07, 6.45) is 4.04. The Morgan fingerprint density at radius 3 is 2.38 bits per heavy atom. The molecule has 0 amide bonds. The second-order valence-corrected chi connectivity index (χ2v) is 6.10. The van der Waals surface area contributed by atoms with Crippen LogP contribution in [0.5, 0.6) is 0 Å². The number of pyridine rings is 1. The zero-order chi connectivity index (χ0) is 19.7. The van der Waals surface area contributed by atoms with Crippen LogP contribution in [-0.2, 0) is 13.1 Å². The van der Waals surface area contributed by atoms with E-state index < -0.39 is 6.67 Å². The van der Waals surface area contributed by atoms with Gasteiger partial charge in [0.25, 0.3) is 0 Å². The summed E-state index contributed by atoms with van der Waals surface area (Å²) in [6.45, 7) is 4.59. The number of nitrogens with zero attached hydrogens (tertiary/aromatic N) is 3. The molecule has 0 saturated carbocycles. The number of halogens is 2. The van der Waals surface area contributed by atoms with Crippen LogP contribution in [0, 0.1) is 0 Å². The van der Waals surface area contributed by atoms with E-state index in [-0.39, 0.29) is 0 Å². The smallest absolute Gasteiger partial charge is 0.127 e. The summed E-state index contributed by atoms with van der Waals surface area (Å²) in [5.74, 6) is 0.906. The molecule has 1 aliphatic rings. The molecule has 144 valence electrons. The molecule has 3 nitrogen and oxygen atoms in total. The molecule has 0 atom stereocenters. The number of hydrogen-bond donors (Lipinski definition) is 0. The Bertz CT molecular complexity index is 670. The summed E-state index contributed by atoms with van der Waals surface area (Å²) >= 11 is 0. The molecule has 0 fully saturated rings. The van der Waals surface area contributed by atoms with Crippen LogP contribution in [0.25, 0.3) is 11.1 Å². The van der Waals surface area contributed by atoms with Gasteiger partial charge in [0.1, 0.15) is 12.5 Å². The molecule has 1 aromatic carbocycles. The van der Waals surface area contributed by atoms with Crippen LogP contribution in [0.1, 0.15) is 31.4 Å². The zero-order valence-corrected chi connectivity index (χ0v) is 16.8. The van der Waals surface area contributed by atoms with Gasteiger partial charge in [-0.25, -0.2) is 9.37 Å². The van der Waals surface area contributed by atoms with Crippen molar-refractivity contribution in [1.29, 1.82) is 0 Å². The number of fused-ring (bicyclic) bond motifs is 1. The van der Waals surface area contributed by atoms with Gasteiger partial charge < -0.3 is 9.80 Å². The molecule has 0 unspecified atom stereocenters. The second kappa shape index (κ2) is 10.7. The van der Waals surface area contributed by atoms with E-state index in [1.807, 2.05) is 57.2 Å². The minimum atomic E-state index is -0.452. The molecule has 0 bridgehead atoms. The first-order valence-electron chi connectivity index (χ1n) is 9.04. The maximum Gasteiger partial charge on any atom is 0.127 e. The molecule has 26 heavy (non-hydrogen) atoms. The lowest BCUT2D eigenvalue weighted by Gasteiger charge is -2.29. The van der Waals surface area contributed by atoms with Crippen LogP contribution in [0.15, 0.2) is 30.5 Å². The van der Waals surface area contributed by atoms with E-state index >= 15 is 0 Å². The lowest BCUT2D eigenvalue weighted by molar-refractivity contribution is 0.486. The van der Waals surface area contributed by atoms with Crippen LogP contribution in [0.3, 0.4) is 0 Å². The van der Waals surface area contributed by atoms with Gasteiger partial charge in [-0.1, -0.05) is 13.8 Å². The quantitative estimate of drug-likeness (QED) is 0.740. The standard InChI is InChI=1S/C18H22FN3.C2H6.CH3F/c1-21(2)18-7-6-14(12-20-18)16-9-13-5-4-8-22(3)17(13)10-15(16)11-19;2*1-2/h6-7,9-10,12H,4-5,8,11H2,1-3H3;1-2H3;1H3. The topological polar surface area (TPSA) is 19.4 Å². The molecule has 0 aliphatic carbocycles. The Labute approximate surface area is 156 Å². The van der Waals surface area contributed by atoms with Crippen molar-refractivity contribution in [2.24, 2.45) is 0 Å². The number of hydrogen-bond acceptors (Lipinski definition) is 3. The van der Waals surface area contributed by atoms with E-state index in [0.717, 1.165) is 41.9 Å². The van der Waals surface area contributed by atoms with Crippen LogP contribution in [-0.4, -0.2) is 39.8 Å². The Hall–Kier alpha value is -2.17. The van der Waals surface area contributed by atoms with E-state index in [2.05, 4.69) is 23.0 Å². The lowest BCUT2D eigenvalue weighted by Crippen LogP contribution is -2.24. The van der Waals surface area contributed by atoms with Gasteiger partial charge >= 0.3 is 0 Å². The van der Waals surface area contributed by atoms with Gasteiger partial charge in [-0.3, -0.25) is 4.39 Å². The highest BCUT2D eigenvalue weighted by molar-refractivity contribution is 5.73. The maximum absolute atomic E-state index is 13.5. The van der Waals surface area contributed by atoms with Crippen LogP contribution in [0.4, 0.5) is 20.3 Å². The van der Waals surface area contributed by atoms with E-state index in [0.29, 0.717) is 7.18 Å². The third-order valence-electron chi connectivity index (χ3n) is 4.32. The Morgan fingerprint density at radius 1 is 1.15 bits per heavy atom. The Kier molecular flexibility index (Phi) is 9.03. The number of anilines is 2. The van der Waals surface area contributed by atoms with Gasteiger partial charge in [-0.2, -0.15) is 0 Å². The number of alkyl halides is 2. The highest BCUT2D eigenvalue weighted by Crippen LogP contribution is 2.34. The van der Waals surface area contributed by atoms with Crippen molar-refractivity contribution in [3.8, 4) is 11.1 Å². The van der Waals surface area contributed by atoms with E-state index in [9.17, 15) is 8.78 Å². The minimum Gasteiger partial charge on any atom is -0.374 e. The molecule has 0 saturated heterocycles. The van der Waals surface area contributed by atoms with Gasteiger partial charge in [0.2, 0.25) is 0 Å². The maximum atomic E-state index is 13.5. The molecule has 0 radical (unpaired) electrons. The molecule has 5 heteroatoms. The monoisotopic (exact) mass is 363 g/mol. The van der Waals surface area contributed by atoms with Crippen molar-refractivity contribution in [3.05, 3.63) is 41.6 Å². The minimum absolute atomic E-state index is 0.452. The average Bonchev–Trinajstić information content (AvgIpc) is 2.70. The molecule has 0 N–H and O–H groups in total. The predicted molar refractivity (Wildman–Crippen MR) is 109 cm³/mol. The first-order valence-corrected chi connectivity index (χ1v) is 9.04. The molecule has 1 aliphatic heterocycles. The Balaban J connectivity index is 0.000000791.